The van der Waals surface area contributed by atoms with Gasteiger partial charge in [0, 0.05) is 25.4 Å². The predicted molar refractivity (Wildman–Crippen MR) is 81.2 cm³/mol. The molecular weight excluding hydrogens is 306 g/mol. The second kappa shape index (κ2) is 7.68. The summed E-state index contributed by atoms with van der Waals surface area (Å²) < 4.78 is 30.7. The van der Waals surface area contributed by atoms with Crippen molar-refractivity contribution in [3.63, 3.8) is 0 Å². The van der Waals surface area contributed by atoms with Gasteiger partial charge in [0.1, 0.15) is 5.75 Å². The minimum atomic E-state index is -2.94. The first-order valence-electron chi connectivity index (χ1n) is 6.94. The van der Waals surface area contributed by atoms with E-state index in [0.717, 1.165) is 5.56 Å². The molecule has 0 aliphatic rings. The quantitative estimate of drug-likeness (QED) is 0.847. The number of halogens is 2. The number of amides is 1. The van der Waals surface area contributed by atoms with Crippen LogP contribution in [0.15, 0.2) is 36.7 Å². The number of aryl methyl sites for hydroxylation is 1. The SMILES string of the molecule is CN(CC(=O)Nc1ccccc1OC(F)F)Cc1cnn(C)c1. The Morgan fingerprint density at radius 1 is 1.43 bits per heavy atom. The van der Waals surface area contributed by atoms with Crippen molar-refractivity contribution in [1.82, 2.24) is 14.7 Å². The topological polar surface area (TPSA) is 59.4 Å². The number of ether oxygens (including phenoxy) is 1. The molecule has 0 spiro atoms. The lowest BCUT2D eigenvalue weighted by molar-refractivity contribution is -0.117. The first-order valence-corrected chi connectivity index (χ1v) is 6.94. The van der Waals surface area contributed by atoms with Crippen molar-refractivity contribution in [2.24, 2.45) is 7.05 Å². The van der Waals surface area contributed by atoms with Gasteiger partial charge in [-0.05, 0) is 19.2 Å². The third-order valence-corrected chi connectivity index (χ3v) is 3.00. The van der Waals surface area contributed by atoms with Crippen LogP contribution in [0.1, 0.15) is 5.56 Å². The molecule has 1 aromatic heterocycles. The molecule has 0 unspecified atom stereocenters. The number of anilines is 1. The van der Waals surface area contributed by atoms with Crippen LogP contribution >= 0.6 is 0 Å². The molecule has 0 bridgehead atoms. The number of likely N-dealkylation sites (N-methyl/N-ethyl adjacent to an activating group) is 1. The maximum absolute atomic E-state index is 12.3. The molecule has 0 radical (unpaired) electrons. The van der Waals surface area contributed by atoms with Gasteiger partial charge in [0.15, 0.2) is 0 Å². The van der Waals surface area contributed by atoms with Crippen LogP contribution in [-0.2, 0) is 18.4 Å². The highest BCUT2D eigenvalue weighted by molar-refractivity contribution is 5.93. The highest BCUT2D eigenvalue weighted by Gasteiger charge is 2.13. The maximum atomic E-state index is 12.3. The molecule has 1 N–H and O–H groups in total. The largest absolute Gasteiger partial charge is 0.433 e. The molecule has 0 fully saturated rings. The Morgan fingerprint density at radius 2 is 2.17 bits per heavy atom. The van der Waals surface area contributed by atoms with Crippen molar-refractivity contribution in [3.05, 3.63) is 42.2 Å². The molecule has 124 valence electrons. The summed E-state index contributed by atoms with van der Waals surface area (Å²) in [6.07, 6.45) is 3.58. The average molecular weight is 324 g/mol. The van der Waals surface area contributed by atoms with Crippen LogP contribution in [0.2, 0.25) is 0 Å². The van der Waals surface area contributed by atoms with Crippen molar-refractivity contribution < 1.29 is 18.3 Å². The smallest absolute Gasteiger partial charge is 0.387 e. The molecule has 6 nitrogen and oxygen atoms in total. The van der Waals surface area contributed by atoms with Crippen LogP contribution in [0.25, 0.3) is 0 Å². The van der Waals surface area contributed by atoms with Crippen molar-refractivity contribution in [3.8, 4) is 5.75 Å². The standard InChI is InChI=1S/C15H18F2N4O2/c1-20(8-11-7-18-21(2)9-11)10-14(22)19-12-5-3-4-6-13(12)23-15(16)17/h3-7,9,15H,8,10H2,1-2H3,(H,19,22). The molecule has 23 heavy (non-hydrogen) atoms. The van der Waals surface area contributed by atoms with E-state index in [1.165, 1.54) is 12.1 Å². The zero-order valence-corrected chi connectivity index (χ0v) is 12.9. The third-order valence-electron chi connectivity index (χ3n) is 3.00. The number of alkyl halides is 2. The van der Waals surface area contributed by atoms with E-state index >= 15 is 0 Å². The van der Waals surface area contributed by atoms with Crippen LogP contribution in [0.3, 0.4) is 0 Å². The Balaban J connectivity index is 1.91. The summed E-state index contributed by atoms with van der Waals surface area (Å²) in [6.45, 7) is -2.28. The molecule has 0 saturated carbocycles. The van der Waals surface area contributed by atoms with E-state index in [1.54, 1.807) is 35.0 Å². The van der Waals surface area contributed by atoms with Crippen molar-refractivity contribution >= 4 is 11.6 Å². The Morgan fingerprint density at radius 3 is 2.83 bits per heavy atom. The summed E-state index contributed by atoms with van der Waals surface area (Å²) in [6, 6.07) is 6.08. The number of hydrogen-bond donors (Lipinski definition) is 1. The van der Waals surface area contributed by atoms with Crippen molar-refractivity contribution in [1.29, 1.82) is 0 Å². The lowest BCUT2D eigenvalue weighted by atomic mass is 10.3. The van der Waals surface area contributed by atoms with E-state index in [4.69, 9.17) is 0 Å². The van der Waals surface area contributed by atoms with Crippen LogP contribution in [0.4, 0.5) is 14.5 Å². The number of nitrogens with zero attached hydrogens (tertiary/aromatic N) is 3. The summed E-state index contributed by atoms with van der Waals surface area (Å²) in [5.74, 6) is -0.382. The van der Waals surface area contributed by atoms with Gasteiger partial charge < -0.3 is 10.1 Å². The number of aromatic nitrogens is 2. The maximum Gasteiger partial charge on any atom is 0.387 e. The summed E-state index contributed by atoms with van der Waals surface area (Å²) in [4.78, 5) is 13.8. The first-order chi connectivity index (χ1) is 10.9. The van der Waals surface area contributed by atoms with Gasteiger partial charge in [0.2, 0.25) is 5.91 Å². The second-order valence-corrected chi connectivity index (χ2v) is 5.12. The number of hydrogen-bond acceptors (Lipinski definition) is 4. The van der Waals surface area contributed by atoms with Gasteiger partial charge in [-0.25, -0.2) is 0 Å². The fourth-order valence-electron chi connectivity index (χ4n) is 2.12. The molecule has 1 aromatic carbocycles. The van der Waals surface area contributed by atoms with Crippen LogP contribution in [0.5, 0.6) is 5.75 Å². The summed E-state index contributed by atoms with van der Waals surface area (Å²) in [5, 5.41) is 6.64. The Bertz CT molecular complexity index is 660. The van der Waals surface area contributed by atoms with Crippen LogP contribution in [-0.4, -0.2) is 40.8 Å². The lowest BCUT2D eigenvalue weighted by Gasteiger charge is -2.16. The molecule has 0 aliphatic carbocycles. The minimum absolute atomic E-state index is 0.0641. The number of rotatable bonds is 7. The molecular formula is C15H18F2N4O2. The van der Waals surface area contributed by atoms with E-state index < -0.39 is 6.61 Å². The van der Waals surface area contributed by atoms with Gasteiger partial charge in [-0.3, -0.25) is 14.4 Å². The van der Waals surface area contributed by atoms with Gasteiger partial charge in [0.05, 0.1) is 18.4 Å². The van der Waals surface area contributed by atoms with Crippen molar-refractivity contribution in [2.75, 3.05) is 18.9 Å². The molecule has 1 amide bonds. The second-order valence-electron chi connectivity index (χ2n) is 5.12. The fraction of sp³-hybridized carbons (Fsp3) is 0.333. The number of carbonyl (C=O) groups excluding carboxylic acids is 1. The van der Waals surface area contributed by atoms with Gasteiger partial charge in [-0.1, -0.05) is 12.1 Å². The average Bonchev–Trinajstić information content (AvgIpc) is 2.85. The van der Waals surface area contributed by atoms with E-state index in [2.05, 4.69) is 15.2 Å². The predicted octanol–water partition coefficient (Wildman–Crippen LogP) is 2.09. The van der Waals surface area contributed by atoms with Gasteiger partial charge in [-0.2, -0.15) is 13.9 Å². The van der Waals surface area contributed by atoms with Gasteiger partial charge >= 0.3 is 6.61 Å². The van der Waals surface area contributed by atoms with Gasteiger partial charge in [-0.15, -0.1) is 0 Å². The van der Waals surface area contributed by atoms with Crippen LogP contribution < -0.4 is 10.1 Å². The van der Waals surface area contributed by atoms with Gasteiger partial charge in [0.25, 0.3) is 0 Å². The molecule has 2 rings (SSSR count). The Labute approximate surface area is 132 Å². The monoisotopic (exact) mass is 324 g/mol. The Kier molecular flexibility index (Phi) is 5.64. The lowest BCUT2D eigenvalue weighted by Crippen LogP contribution is -2.30. The summed E-state index contributed by atoms with van der Waals surface area (Å²) >= 11 is 0. The number of carbonyl (C=O) groups is 1. The Hall–Kier alpha value is -2.48. The number of benzene rings is 1. The first kappa shape index (κ1) is 16.9. The van der Waals surface area contributed by atoms with E-state index in [9.17, 15) is 13.6 Å². The molecule has 2 aromatic rings. The summed E-state index contributed by atoms with van der Waals surface area (Å²) in [5.41, 5.74) is 1.19. The number of para-hydroxylation sites is 2. The molecule has 0 saturated heterocycles. The highest BCUT2D eigenvalue weighted by atomic mass is 19.3. The zero-order valence-electron chi connectivity index (χ0n) is 12.9. The molecule has 0 atom stereocenters. The normalized spacial score (nSPS) is 11.0. The van der Waals surface area contributed by atoms with Crippen LogP contribution in [0, 0.1) is 0 Å². The third kappa shape index (κ3) is 5.33. The molecule has 0 aliphatic heterocycles. The number of nitrogens with one attached hydrogen (secondary N) is 1. The molecule has 8 heteroatoms. The van der Waals surface area contributed by atoms with E-state index in [1.807, 2.05) is 13.2 Å². The van der Waals surface area contributed by atoms with E-state index in [0.29, 0.717) is 6.54 Å². The summed E-state index contributed by atoms with van der Waals surface area (Å²) in [7, 11) is 3.60. The van der Waals surface area contributed by atoms with E-state index in [-0.39, 0.29) is 23.9 Å². The zero-order chi connectivity index (χ0) is 16.8. The fourth-order valence-corrected chi connectivity index (χ4v) is 2.12. The minimum Gasteiger partial charge on any atom is -0.433 e. The highest BCUT2D eigenvalue weighted by Crippen LogP contribution is 2.25. The molecule has 1 heterocycles. The van der Waals surface area contributed by atoms with Crippen molar-refractivity contribution in [2.45, 2.75) is 13.2 Å².